The van der Waals surface area contributed by atoms with Gasteiger partial charge in [0.15, 0.2) is 5.65 Å². The van der Waals surface area contributed by atoms with Gasteiger partial charge in [0.1, 0.15) is 0 Å². The molecule has 1 N–H and O–H groups in total. The first-order valence-electron chi connectivity index (χ1n) is 2.82. The number of aromatic amines is 1. The summed E-state index contributed by atoms with van der Waals surface area (Å²) in [5.74, 6) is 0. The molecule has 4 nitrogen and oxygen atoms in total. The van der Waals surface area contributed by atoms with Gasteiger partial charge >= 0.3 is 5.69 Å². The molecule has 0 saturated carbocycles. The van der Waals surface area contributed by atoms with Crippen molar-refractivity contribution < 1.29 is 0 Å². The van der Waals surface area contributed by atoms with Gasteiger partial charge in [0.2, 0.25) is 0 Å². The molecule has 0 amide bonds. The van der Waals surface area contributed by atoms with Crippen LogP contribution in [0.25, 0.3) is 5.65 Å². The molecule has 10 heavy (non-hydrogen) atoms. The molecular formula is C6H4N3O. The van der Waals surface area contributed by atoms with Gasteiger partial charge in [-0.2, -0.15) is 5.10 Å². The summed E-state index contributed by atoms with van der Waals surface area (Å²) in [5.41, 5.74) is 0.336. The molecule has 2 heterocycles. The molecule has 0 spiro atoms. The van der Waals surface area contributed by atoms with Crippen molar-refractivity contribution in [2.24, 2.45) is 0 Å². The van der Waals surface area contributed by atoms with E-state index in [4.69, 9.17) is 0 Å². The minimum absolute atomic E-state index is 0.254. The number of hydrogen-bond acceptors (Lipinski definition) is 2. The first-order chi connectivity index (χ1) is 4.88. The summed E-state index contributed by atoms with van der Waals surface area (Å²) < 4.78 is 1.32. The number of H-pyrrole nitrogens is 1. The average Bonchev–Trinajstić information content (AvgIpc) is 2.34. The van der Waals surface area contributed by atoms with Crippen LogP contribution in [0.3, 0.4) is 0 Å². The molecule has 0 fully saturated rings. The van der Waals surface area contributed by atoms with Crippen LogP contribution < -0.4 is 5.69 Å². The third-order valence-corrected chi connectivity index (χ3v) is 1.24. The van der Waals surface area contributed by atoms with E-state index in [-0.39, 0.29) is 5.69 Å². The fourth-order valence-corrected chi connectivity index (χ4v) is 0.797. The zero-order valence-corrected chi connectivity index (χ0v) is 5.03. The van der Waals surface area contributed by atoms with Crippen LogP contribution in [0.2, 0.25) is 0 Å². The third kappa shape index (κ3) is 0.556. The molecule has 49 valence electrons. The Bertz CT molecular complexity index is 400. The Balaban J connectivity index is 3.07. The van der Waals surface area contributed by atoms with Crippen LogP contribution in [0.4, 0.5) is 0 Å². The largest absolute Gasteiger partial charge is 0.348 e. The number of fused-ring (bicyclic) bond motifs is 1. The first-order valence-corrected chi connectivity index (χ1v) is 2.82. The Morgan fingerprint density at radius 1 is 1.70 bits per heavy atom. The van der Waals surface area contributed by atoms with Gasteiger partial charge in [-0.05, 0) is 12.1 Å². The number of aromatic nitrogens is 3. The summed E-state index contributed by atoms with van der Waals surface area (Å²) in [4.78, 5) is 10.8. The van der Waals surface area contributed by atoms with E-state index in [0.29, 0.717) is 5.65 Å². The fraction of sp³-hybridized carbons (Fsp3) is 0. The molecule has 0 unspecified atom stereocenters. The van der Waals surface area contributed by atoms with Crippen LogP contribution in [-0.4, -0.2) is 14.6 Å². The van der Waals surface area contributed by atoms with Crippen molar-refractivity contribution in [1.29, 1.82) is 0 Å². The van der Waals surface area contributed by atoms with Crippen LogP contribution in [0.1, 0.15) is 0 Å². The number of nitrogens with zero attached hydrogens (tertiary/aromatic N) is 2. The standard InChI is InChI=1S/C6H4N3O/c10-6-8-7-5-3-1-2-4-9(5)6/h1-3H,(H,8,10). The van der Waals surface area contributed by atoms with Gasteiger partial charge < -0.3 is 0 Å². The van der Waals surface area contributed by atoms with Crippen molar-refractivity contribution in [1.82, 2.24) is 14.6 Å². The summed E-state index contributed by atoms with van der Waals surface area (Å²) in [6.45, 7) is 0. The van der Waals surface area contributed by atoms with E-state index in [0.717, 1.165) is 0 Å². The number of rotatable bonds is 0. The Labute approximate surface area is 56.1 Å². The van der Waals surface area contributed by atoms with Crippen molar-refractivity contribution in [3.05, 3.63) is 34.9 Å². The summed E-state index contributed by atoms with van der Waals surface area (Å²) in [6.07, 6.45) is 2.71. The molecule has 0 saturated heterocycles. The molecule has 0 aliphatic heterocycles. The highest BCUT2D eigenvalue weighted by Crippen LogP contribution is 1.90. The molecule has 0 aliphatic carbocycles. The summed E-state index contributed by atoms with van der Waals surface area (Å²) in [5, 5.41) is 6.02. The smallest absolute Gasteiger partial charge is 0.246 e. The van der Waals surface area contributed by atoms with Crippen LogP contribution in [0.15, 0.2) is 23.0 Å². The van der Waals surface area contributed by atoms with Crippen molar-refractivity contribution in [3.63, 3.8) is 0 Å². The fourth-order valence-electron chi connectivity index (χ4n) is 0.797. The van der Waals surface area contributed by atoms with Gasteiger partial charge in [-0.15, -0.1) is 0 Å². The zero-order valence-electron chi connectivity index (χ0n) is 5.03. The van der Waals surface area contributed by atoms with E-state index in [1.807, 2.05) is 0 Å². The van der Waals surface area contributed by atoms with E-state index < -0.39 is 0 Å². The molecule has 2 aromatic rings. The third-order valence-electron chi connectivity index (χ3n) is 1.24. The maximum atomic E-state index is 10.8. The number of pyridine rings is 1. The van der Waals surface area contributed by atoms with Crippen LogP contribution in [0, 0.1) is 6.20 Å². The Morgan fingerprint density at radius 3 is 3.40 bits per heavy atom. The lowest BCUT2D eigenvalue weighted by atomic mass is 10.5. The Morgan fingerprint density at radius 2 is 2.60 bits per heavy atom. The summed E-state index contributed by atoms with van der Waals surface area (Å²) in [7, 11) is 0. The van der Waals surface area contributed by atoms with Crippen molar-refractivity contribution in [3.8, 4) is 0 Å². The van der Waals surface area contributed by atoms with Crippen molar-refractivity contribution in [2.45, 2.75) is 0 Å². The number of nitrogens with one attached hydrogen (secondary N) is 1. The van der Waals surface area contributed by atoms with Crippen LogP contribution in [0.5, 0.6) is 0 Å². The minimum Gasteiger partial charge on any atom is -0.246 e. The lowest BCUT2D eigenvalue weighted by molar-refractivity contribution is 1.02. The maximum Gasteiger partial charge on any atom is 0.348 e. The monoisotopic (exact) mass is 134 g/mol. The van der Waals surface area contributed by atoms with Crippen LogP contribution >= 0.6 is 0 Å². The molecule has 2 aromatic heterocycles. The SMILES string of the molecule is O=c1[nH]nc2ccc[c]n12. The van der Waals surface area contributed by atoms with Gasteiger partial charge in [-0.3, -0.25) is 0 Å². The lowest BCUT2D eigenvalue weighted by Gasteiger charge is -1.82. The first kappa shape index (κ1) is 5.22. The van der Waals surface area contributed by atoms with Crippen LogP contribution in [-0.2, 0) is 0 Å². The molecule has 2 rings (SSSR count). The second-order valence-electron chi connectivity index (χ2n) is 1.88. The normalized spacial score (nSPS) is 10.4. The minimum atomic E-state index is -0.254. The van der Waals surface area contributed by atoms with E-state index >= 15 is 0 Å². The topological polar surface area (TPSA) is 50.2 Å². The van der Waals surface area contributed by atoms with Gasteiger partial charge in [-0.25, -0.2) is 14.3 Å². The maximum absolute atomic E-state index is 10.8. The molecule has 4 heteroatoms. The van der Waals surface area contributed by atoms with E-state index in [9.17, 15) is 4.79 Å². The molecule has 0 bridgehead atoms. The Hall–Kier alpha value is -1.58. The van der Waals surface area contributed by atoms with Crippen molar-refractivity contribution in [2.75, 3.05) is 0 Å². The van der Waals surface area contributed by atoms with E-state index in [2.05, 4.69) is 16.4 Å². The highest BCUT2D eigenvalue weighted by Gasteiger charge is 1.94. The molecule has 0 atom stereocenters. The molecule has 0 aromatic carbocycles. The second-order valence-corrected chi connectivity index (χ2v) is 1.88. The predicted molar refractivity (Wildman–Crippen MR) is 34.6 cm³/mol. The van der Waals surface area contributed by atoms with Gasteiger partial charge in [0.05, 0.1) is 6.20 Å². The summed E-state index contributed by atoms with van der Waals surface area (Å²) >= 11 is 0. The van der Waals surface area contributed by atoms with Gasteiger partial charge in [0.25, 0.3) is 0 Å². The number of hydrogen-bond donors (Lipinski definition) is 1. The van der Waals surface area contributed by atoms with Gasteiger partial charge in [0, 0.05) is 0 Å². The quantitative estimate of drug-likeness (QED) is 0.543. The molecule has 1 radical (unpaired) electrons. The van der Waals surface area contributed by atoms with Crippen molar-refractivity contribution >= 4 is 5.65 Å². The Kier molecular flexibility index (Phi) is 0.887. The molecular weight excluding hydrogens is 130 g/mol. The average molecular weight is 134 g/mol. The van der Waals surface area contributed by atoms with Gasteiger partial charge in [-0.1, -0.05) is 6.07 Å². The van der Waals surface area contributed by atoms with E-state index in [1.54, 1.807) is 18.2 Å². The summed E-state index contributed by atoms with van der Waals surface area (Å²) in [6, 6.07) is 5.16. The zero-order chi connectivity index (χ0) is 6.97. The molecule has 0 aliphatic rings. The lowest BCUT2D eigenvalue weighted by Crippen LogP contribution is -2.08. The highest BCUT2D eigenvalue weighted by atomic mass is 16.1. The highest BCUT2D eigenvalue weighted by molar-refractivity contribution is 5.34. The predicted octanol–water partition coefficient (Wildman–Crippen LogP) is -0.177. The second kappa shape index (κ2) is 1.70. The van der Waals surface area contributed by atoms with E-state index in [1.165, 1.54) is 4.40 Å².